The summed E-state index contributed by atoms with van der Waals surface area (Å²) in [5.74, 6) is -2.70. The Bertz CT molecular complexity index is 552. The summed E-state index contributed by atoms with van der Waals surface area (Å²) < 4.78 is 41.0. The molecule has 0 amide bonds. The van der Waals surface area contributed by atoms with E-state index in [2.05, 4.69) is 31.9 Å². The molecule has 0 bridgehead atoms. The first-order valence-corrected chi connectivity index (χ1v) is 7.47. The summed E-state index contributed by atoms with van der Waals surface area (Å²) in [7, 11) is 0. The number of aryl methyl sites for hydroxylation is 1. The van der Waals surface area contributed by atoms with E-state index < -0.39 is 22.3 Å². The van der Waals surface area contributed by atoms with Gasteiger partial charge in [0, 0.05) is 22.6 Å². The van der Waals surface area contributed by atoms with Crippen LogP contribution >= 0.6 is 43.2 Å². The van der Waals surface area contributed by atoms with Gasteiger partial charge in [0.05, 0.1) is 8.61 Å². The summed E-state index contributed by atoms with van der Waals surface area (Å²) in [5, 5.41) is 0. The molecule has 0 aliphatic rings. The minimum Gasteiger partial charge on any atom is -0.207 e. The number of benzene rings is 1. The van der Waals surface area contributed by atoms with Crippen LogP contribution in [0.2, 0.25) is 0 Å². The van der Waals surface area contributed by atoms with Gasteiger partial charge < -0.3 is 0 Å². The molecule has 0 nitrogen and oxygen atoms in total. The Labute approximate surface area is 123 Å². The number of hydrogen-bond acceptors (Lipinski definition) is 1. The number of thiophene rings is 1. The molecule has 0 fully saturated rings. The summed E-state index contributed by atoms with van der Waals surface area (Å²) in [6.07, 6.45) is 0. The third-order valence-electron chi connectivity index (χ3n) is 2.42. The Balaban J connectivity index is 2.49. The van der Waals surface area contributed by atoms with E-state index >= 15 is 0 Å². The maximum Gasteiger partial charge on any atom is 0.133 e. The molecular formula is C12H7Br2F3S. The van der Waals surface area contributed by atoms with Gasteiger partial charge in [-0.1, -0.05) is 15.9 Å². The topological polar surface area (TPSA) is 0 Å². The molecule has 1 unspecified atom stereocenters. The van der Waals surface area contributed by atoms with Crippen molar-refractivity contribution in [3.05, 3.63) is 55.4 Å². The molecule has 0 saturated carbocycles. The highest BCUT2D eigenvalue weighted by Crippen LogP contribution is 2.40. The molecule has 0 radical (unpaired) electrons. The second kappa shape index (κ2) is 5.35. The quantitative estimate of drug-likeness (QED) is 0.566. The van der Waals surface area contributed by atoms with Crippen LogP contribution in [0.15, 0.2) is 22.0 Å². The molecule has 1 aromatic heterocycles. The Kier molecular flexibility index (Phi) is 4.18. The number of rotatable bonds is 2. The van der Waals surface area contributed by atoms with E-state index in [0.29, 0.717) is 12.1 Å². The molecule has 0 N–H and O–H groups in total. The fourth-order valence-corrected chi connectivity index (χ4v) is 3.96. The van der Waals surface area contributed by atoms with Crippen molar-refractivity contribution in [2.45, 2.75) is 11.8 Å². The molecular weight excluding hydrogens is 393 g/mol. The molecule has 0 saturated heterocycles. The Morgan fingerprint density at radius 2 is 1.67 bits per heavy atom. The van der Waals surface area contributed by atoms with E-state index in [1.165, 1.54) is 11.3 Å². The Morgan fingerprint density at radius 3 is 2.11 bits per heavy atom. The summed E-state index contributed by atoms with van der Waals surface area (Å²) >= 11 is 7.99. The van der Waals surface area contributed by atoms with E-state index in [0.717, 1.165) is 14.2 Å². The van der Waals surface area contributed by atoms with Crippen molar-refractivity contribution >= 4 is 43.2 Å². The average molecular weight is 400 g/mol. The summed E-state index contributed by atoms with van der Waals surface area (Å²) in [5.41, 5.74) is 0.813. The summed E-state index contributed by atoms with van der Waals surface area (Å²) in [6.45, 7) is 1.89. The summed E-state index contributed by atoms with van der Waals surface area (Å²) in [4.78, 5) is 0.122. The smallest absolute Gasteiger partial charge is 0.133 e. The first kappa shape index (κ1) is 14.1. The highest BCUT2D eigenvalue weighted by Gasteiger charge is 2.22. The van der Waals surface area contributed by atoms with Crippen molar-refractivity contribution in [3.8, 4) is 0 Å². The van der Waals surface area contributed by atoms with Crippen LogP contribution in [0.5, 0.6) is 0 Å². The van der Waals surface area contributed by atoms with Crippen molar-refractivity contribution in [1.29, 1.82) is 0 Å². The molecule has 2 aromatic rings. The van der Waals surface area contributed by atoms with E-state index in [1.54, 1.807) is 0 Å². The molecule has 18 heavy (non-hydrogen) atoms. The molecule has 96 valence electrons. The van der Waals surface area contributed by atoms with Crippen LogP contribution in [0.3, 0.4) is 0 Å². The lowest BCUT2D eigenvalue weighted by Crippen LogP contribution is -2.00. The zero-order valence-electron chi connectivity index (χ0n) is 9.11. The van der Waals surface area contributed by atoms with Crippen LogP contribution in [0, 0.1) is 24.4 Å². The minimum absolute atomic E-state index is 0.176. The molecule has 6 heteroatoms. The van der Waals surface area contributed by atoms with Gasteiger partial charge in [0.25, 0.3) is 0 Å². The second-order valence-electron chi connectivity index (χ2n) is 3.75. The maximum absolute atomic E-state index is 13.6. The predicted molar refractivity (Wildman–Crippen MR) is 73.8 cm³/mol. The lowest BCUT2D eigenvalue weighted by atomic mass is 10.1. The van der Waals surface area contributed by atoms with Crippen LogP contribution < -0.4 is 0 Å². The van der Waals surface area contributed by atoms with Crippen LogP contribution in [0.1, 0.15) is 20.8 Å². The highest BCUT2D eigenvalue weighted by atomic mass is 79.9. The number of alkyl halides is 1. The first-order chi connectivity index (χ1) is 8.40. The van der Waals surface area contributed by atoms with Gasteiger partial charge in [0.1, 0.15) is 17.5 Å². The average Bonchev–Trinajstić information content (AvgIpc) is 2.57. The maximum atomic E-state index is 13.6. The fourth-order valence-electron chi connectivity index (χ4n) is 1.55. The molecule has 0 spiro atoms. The van der Waals surface area contributed by atoms with Gasteiger partial charge in [-0.15, -0.1) is 11.3 Å². The van der Waals surface area contributed by atoms with Crippen LogP contribution in [0.4, 0.5) is 13.2 Å². The first-order valence-electron chi connectivity index (χ1n) is 4.94. The van der Waals surface area contributed by atoms with Gasteiger partial charge in [-0.25, -0.2) is 13.2 Å². The zero-order valence-corrected chi connectivity index (χ0v) is 13.1. The van der Waals surface area contributed by atoms with Crippen molar-refractivity contribution < 1.29 is 13.2 Å². The fraction of sp³-hybridized carbons (Fsp3) is 0.167. The molecule has 0 aliphatic heterocycles. The minimum atomic E-state index is -0.919. The van der Waals surface area contributed by atoms with Gasteiger partial charge in [0.2, 0.25) is 0 Å². The van der Waals surface area contributed by atoms with Crippen molar-refractivity contribution in [2.75, 3.05) is 0 Å². The number of hydrogen-bond donors (Lipinski definition) is 0. The van der Waals surface area contributed by atoms with Crippen LogP contribution in [-0.2, 0) is 0 Å². The largest absolute Gasteiger partial charge is 0.207 e. The van der Waals surface area contributed by atoms with Gasteiger partial charge >= 0.3 is 0 Å². The summed E-state index contributed by atoms with van der Waals surface area (Å²) in [6, 6.07) is 3.20. The second-order valence-corrected chi connectivity index (χ2v) is 7.07. The third-order valence-corrected chi connectivity index (χ3v) is 5.88. The van der Waals surface area contributed by atoms with Crippen molar-refractivity contribution in [1.82, 2.24) is 0 Å². The van der Waals surface area contributed by atoms with Crippen LogP contribution in [0.25, 0.3) is 0 Å². The van der Waals surface area contributed by atoms with Gasteiger partial charge in [-0.05, 0) is 34.5 Å². The van der Waals surface area contributed by atoms with E-state index in [-0.39, 0.29) is 5.56 Å². The molecule has 1 aromatic carbocycles. The molecule has 2 rings (SSSR count). The van der Waals surface area contributed by atoms with Gasteiger partial charge in [0.15, 0.2) is 0 Å². The van der Waals surface area contributed by atoms with Crippen molar-refractivity contribution in [3.63, 3.8) is 0 Å². The highest BCUT2D eigenvalue weighted by molar-refractivity contribution is 9.11. The van der Waals surface area contributed by atoms with E-state index in [4.69, 9.17) is 0 Å². The number of halogens is 5. The SMILES string of the molecule is Cc1cc(C(Br)c2c(F)cc(F)cc2F)sc1Br. The standard InChI is InChI=1S/C12H7Br2F3S/c1-5-2-9(18-12(5)14)11(13)10-7(16)3-6(15)4-8(10)17/h2-4,11H,1H3. The van der Waals surface area contributed by atoms with Crippen LogP contribution in [-0.4, -0.2) is 0 Å². The monoisotopic (exact) mass is 398 g/mol. The van der Waals surface area contributed by atoms with Gasteiger partial charge in [-0.3, -0.25) is 0 Å². The molecule has 1 heterocycles. The van der Waals surface area contributed by atoms with E-state index in [9.17, 15) is 13.2 Å². The zero-order chi connectivity index (χ0) is 13.4. The lowest BCUT2D eigenvalue weighted by Gasteiger charge is -2.10. The third kappa shape index (κ3) is 2.65. The molecule has 1 atom stereocenters. The predicted octanol–water partition coefficient (Wildman–Crippen LogP) is 5.72. The van der Waals surface area contributed by atoms with Crippen molar-refractivity contribution in [2.24, 2.45) is 0 Å². The van der Waals surface area contributed by atoms with E-state index in [1.807, 2.05) is 13.0 Å². The molecule has 0 aliphatic carbocycles. The Hall–Kier alpha value is -0.330. The van der Waals surface area contributed by atoms with Gasteiger partial charge in [-0.2, -0.15) is 0 Å². The normalized spacial score (nSPS) is 12.8. The lowest BCUT2D eigenvalue weighted by molar-refractivity contribution is 0.528. The Morgan fingerprint density at radius 1 is 1.11 bits per heavy atom.